The number of carboxylic acid groups (broad SMARTS) is 1. The predicted molar refractivity (Wildman–Crippen MR) is 90.9 cm³/mol. The van der Waals surface area contributed by atoms with Crippen LogP contribution in [0.2, 0.25) is 0 Å². The molecule has 0 radical (unpaired) electrons. The van der Waals surface area contributed by atoms with E-state index >= 15 is 0 Å². The number of phenolic OH excluding ortho intramolecular Hbond substituents is 1. The number of benzene rings is 2. The van der Waals surface area contributed by atoms with Crippen LogP contribution in [0.3, 0.4) is 0 Å². The van der Waals surface area contributed by atoms with Crippen LogP contribution in [-0.2, 0) is 16.0 Å². The fraction of sp³-hybridized carbons (Fsp3) is 0.222. The lowest BCUT2D eigenvalue weighted by Gasteiger charge is -2.15. The van der Waals surface area contributed by atoms with E-state index in [1.807, 2.05) is 30.3 Å². The molecule has 0 saturated heterocycles. The Bertz CT molecular complexity index is 688. The molecule has 0 heterocycles. The van der Waals surface area contributed by atoms with E-state index in [0.29, 0.717) is 13.0 Å². The smallest absolute Gasteiger partial charge is 0.321 e. The first-order chi connectivity index (χ1) is 11.6. The van der Waals surface area contributed by atoms with Gasteiger partial charge in [-0.3, -0.25) is 9.59 Å². The average molecular weight is 328 g/mol. The molecule has 4 N–H and O–H groups in total. The number of nitrogens with one attached hydrogen (secondary N) is 2. The van der Waals surface area contributed by atoms with E-state index in [0.717, 1.165) is 5.56 Å². The molecule has 0 aliphatic heterocycles. The van der Waals surface area contributed by atoms with Crippen molar-refractivity contribution in [1.29, 1.82) is 0 Å². The van der Waals surface area contributed by atoms with E-state index in [1.165, 1.54) is 6.07 Å². The van der Waals surface area contributed by atoms with Gasteiger partial charge in [0, 0.05) is 0 Å². The van der Waals surface area contributed by atoms with Crippen LogP contribution in [0.1, 0.15) is 12.0 Å². The minimum absolute atomic E-state index is 0.0604. The molecule has 24 heavy (non-hydrogen) atoms. The molecule has 6 nitrogen and oxygen atoms in total. The summed E-state index contributed by atoms with van der Waals surface area (Å²) in [4.78, 5) is 23.3. The molecule has 2 aromatic carbocycles. The Morgan fingerprint density at radius 1 is 1.00 bits per heavy atom. The number of phenols is 1. The molecule has 2 rings (SSSR count). The van der Waals surface area contributed by atoms with Crippen LogP contribution in [0.4, 0.5) is 5.69 Å². The molecule has 0 spiro atoms. The number of amides is 1. The van der Waals surface area contributed by atoms with E-state index < -0.39 is 17.9 Å². The highest BCUT2D eigenvalue weighted by atomic mass is 16.4. The van der Waals surface area contributed by atoms with Gasteiger partial charge in [-0.15, -0.1) is 0 Å². The van der Waals surface area contributed by atoms with Gasteiger partial charge in [0.05, 0.1) is 12.1 Å². The normalized spacial score (nSPS) is 11.7. The maximum Gasteiger partial charge on any atom is 0.321 e. The van der Waals surface area contributed by atoms with Crippen LogP contribution in [0.15, 0.2) is 54.6 Å². The monoisotopic (exact) mass is 328 g/mol. The van der Waals surface area contributed by atoms with Crippen molar-refractivity contribution in [2.75, 3.05) is 11.9 Å². The molecule has 1 unspecified atom stereocenters. The first-order valence-electron chi connectivity index (χ1n) is 7.64. The first kappa shape index (κ1) is 17.5. The van der Waals surface area contributed by atoms with Crippen LogP contribution < -0.4 is 10.6 Å². The molecule has 1 atom stereocenters. The number of hydrogen-bond acceptors (Lipinski definition) is 4. The Morgan fingerprint density at radius 3 is 2.33 bits per heavy atom. The van der Waals surface area contributed by atoms with Crippen molar-refractivity contribution in [3.05, 3.63) is 60.2 Å². The third kappa shape index (κ3) is 5.40. The van der Waals surface area contributed by atoms with Crippen molar-refractivity contribution in [3.63, 3.8) is 0 Å². The molecule has 0 aliphatic carbocycles. The molecule has 0 bridgehead atoms. The van der Waals surface area contributed by atoms with Gasteiger partial charge in [0.15, 0.2) is 0 Å². The minimum atomic E-state index is -1.09. The summed E-state index contributed by atoms with van der Waals surface area (Å²) in [6.07, 6.45) is 0.449. The molecular formula is C18H20N2O4. The third-order valence-corrected chi connectivity index (χ3v) is 3.51. The second-order valence-electron chi connectivity index (χ2n) is 5.35. The summed E-state index contributed by atoms with van der Waals surface area (Å²) < 4.78 is 0. The van der Waals surface area contributed by atoms with Gasteiger partial charge in [-0.05, 0) is 30.7 Å². The van der Waals surface area contributed by atoms with Crippen molar-refractivity contribution in [3.8, 4) is 5.75 Å². The number of carbonyl (C=O) groups excluding carboxylic acids is 1. The van der Waals surface area contributed by atoms with Crippen LogP contribution >= 0.6 is 0 Å². The van der Waals surface area contributed by atoms with Gasteiger partial charge in [-0.25, -0.2) is 0 Å². The Hall–Kier alpha value is -2.86. The van der Waals surface area contributed by atoms with Crippen molar-refractivity contribution in [1.82, 2.24) is 5.32 Å². The molecular weight excluding hydrogens is 308 g/mol. The van der Waals surface area contributed by atoms with E-state index in [-0.39, 0.29) is 17.9 Å². The van der Waals surface area contributed by atoms with Gasteiger partial charge in [-0.2, -0.15) is 0 Å². The highest BCUT2D eigenvalue weighted by molar-refractivity contribution is 5.95. The van der Waals surface area contributed by atoms with Crippen molar-refractivity contribution < 1.29 is 19.8 Å². The molecule has 0 aromatic heterocycles. The summed E-state index contributed by atoms with van der Waals surface area (Å²) in [6.45, 7) is 0.449. The third-order valence-electron chi connectivity index (χ3n) is 3.51. The fourth-order valence-corrected chi connectivity index (χ4v) is 2.25. The Kier molecular flexibility index (Phi) is 6.33. The summed E-state index contributed by atoms with van der Waals surface area (Å²) in [5.74, 6) is -1.62. The SMILES string of the molecule is O=C(CC(NCCc1ccccc1)C(=O)O)Nc1ccccc1O. The van der Waals surface area contributed by atoms with Gasteiger partial charge in [0.1, 0.15) is 11.8 Å². The van der Waals surface area contributed by atoms with Crippen LogP contribution in [0.5, 0.6) is 5.75 Å². The van der Waals surface area contributed by atoms with Gasteiger partial charge in [0.25, 0.3) is 0 Å². The highest BCUT2D eigenvalue weighted by Gasteiger charge is 2.21. The van der Waals surface area contributed by atoms with Gasteiger partial charge in [0.2, 0.25) is 5.91 Å². The van der Waals surface area contributed by atoms with Gasteiger partial charge in [-0.1, -0.05) is 42.5 Å². The van der Waals surface area contributed by atoms with Crippen LogP contribution in [0.25, 0.3) is 0 Å². The molecule has 0 saturated carbocycles. The predicted octanol–water partition coefficient (Wildman–Crippen LogP) is 2.01. The second-order valence-corrected chi connectivity index (χ2v) is 5.35. The quantitative estimate of drug-likeness (QED) is 0.556. The number of carboxylic acids is 1. The summed E-state index contributed by atoms with van der Waals surface area (Å²) in [5, 5.41) is 24.3. The summed E-state index contributed by atoms with van der Waals surface area (Å²) >= 11 is 0. The number of carbonyl (C=O) groups is 2. The maximum atomic E-state index is 12.0. The molecule has 1 amide bonds. The lowest BCUT2D eigenvalue weighted by atomic mass is 10.1. The number of anilines is 1. The van der Waals surface area contributed by atoms with Crippen LogP contribution in [0, 0.1) is 0 Å². The number of rotatable bonds is 8. The van der Waals surface area contributed by atoms with Crippen molar-refractivity contribution in [2.24, 2.45) is 0 Å². The topological polar surface area (TPSA) is 98.7 Å². The van der Waals surface area contributed by atoms with E-state index in [4.69, 9.17) is 0 Å². The lowest BCUT2D eigenvalue weighted by Crippen LogP contribution is -2.40. The van der Waals surface area contributed by atoms with Gasteiger partial charge >= 0.3 is 5.97 Å². The summed E-state index contributed by atoms with van der Waals surface area (Å²) in [5.41, 5.74) is 1.35. The van der Waals surface area contributed by atoms with Crippen LogP contribution in [-0.4, -0.2) is 34.7 Å². The molecule has 0 fully saturated rings. The number of aliphatic carboxylic acids is 1. The average Bonchev–Trinajstić information content (AvgIpc) is 2.57. The standard InChI is InChI=1S/C18H20N2O4/c21-16-9-5-4-8-14(16)20-17(22)12-15(18(23)24)19-11-10-13-6-2-1-3-7-13/h1-9,15,19,21H,10-12H2,(H,20,22)(H,23,24). The minimum Gasteiger partial charge on any atom is -0.506 e. The van der Waals surface area contributed by atoms with E-state index in [2.05, 4.69) is 10.6 Å². The Labute approximate surface area is 140 Å². The molecule has 0 aliphatic rings. The molecule has 126 valence electrons. The molecule has 6 heteroatoms. The Morgan fingerprint density at radius 2 is 1.67 bits per heavy atom. The maximum absolute atomic E-state index is 12.0. The van der Waals surface area contributed by atoms with E-state index in [1.54, 1.807) is 18.2 Å². The van der Waals surface area contributed by atoms with Crippen molar-refractivity contribution >= 4 is 17.6 Å². The number of hydrogen-bond donors (Lipinski definition) is 4. The summed E-state index contributed by atoms with van der Waals surface area (Å²) in [6, 6.07) is 15.0. The van der Waals surface area contributed by atoms with Gasteiger partial charge < -0.3 is 20.8 Å². The summed E-state index contributed by atoms with van der Waals surface area (Å²) in [7, 11) is 0. The largest absolute Gasteiger partial charge is 0.506 e. The van der Waals surface area contributed by atoms with E-state index in [9.17, 15) is 19.8 Å². The zero-order chi connectivity index (χ0) is 17.4. The molecule has 2 aromatic rings. The zero-order valence-corrected chi connectivity index (χ0v) is 13.1. The number of aromatic hydroxyl groups is 1. The second kappa shape index (κ2) is 8.69. The first-order valence-corrected chi connectivity index (χ1v) is 7.64. The Balaban J connectivity index is 1.85. The lowest BCUT2D eigenvalue weighted by molar-refractivity contribution is -0.141. The van der Waals surface area contributed by atoms with Crippen molar-refractivity contribution in [2.45, 2.75) is 18.9 Å². The number of para-hydroxylation sites is 2. The zero-order valence-electron chi connectivity index (χ0n) is 13.1. The fourth-order valence-electron chi connectivity index (χ4n) is 2.25. The highest BCUT2D eigenvalue weighted by Crippen LogP contribution is 2.21.